The highest BCUT2D eigenvalue weighted by Gasteiger charge is 2.12. The lowest BCUT2D eigenvalue weighted by molar-refractivity contribution is -0.131. The van der Waals surface area contributed by atoms with Crippen molar-refractivity contribution in [2.45, 2.75) is 26.3 Å². The largest absolute Gasteiger partial charge is 0.497 e. The summed E-state index contributed by atoms with van der Waals surface area (Å²) in [6.07, 6.45) is 1.12. The summed E-state index contributed by atoms with van der Waals surface area (Å²) in [4.78, 5) is 14.1. The van der Waals surface area contributed by atoms with Gasteiger partial charge in [0.2, 0.25) is 5.91 Å². The molecule has 0 saturated heterocycles. The zero-order valence-electron chi connectivity index (χ0n) is 13.6. The molecule has 0 aliphatic heterocycles. The predicted molar refractivity (Wildman–Crippen MR) is 88.8 cm³/mol. The van der Waals surface area contributed by atoms with Crippen molar-refractivity contribution in [2.24, 2.45) is 0 Å². The third-order valence-corrected chi connectivity index (χ3v) is 3.78. The maximum absolute atomic E-state index is 13.2. The van der Waals surface area contributed by atoms with E-state index in [-0.39, 0.29) is 11.7 Å². The first-order valence-corrected chi connectivity index (χ1v) is 7.77. The first kappa shape index (κ1) is 17.0. The molecule has 0 aliphatic carbocycles. The van der Waals surface area contributed by atoms with Crippen LogP contribution in [0.1, 0.15) is 24.5 Å². The van der Waals surface area contributed by atoms with Gasteiger partial charge in [0.15, 0.2) is 0 Å². The Labute approximate surface area is 136 Å². The maximum Gasteiger partial charge on any atom is 0.223 e. The highest BCUT2D eigenvalue weighted by Crippen LogP contribution is 2.14. The van der Waals surface area contributed by atoms with E-state index in [1.54, 1.807) is 18.1 Å². The maximum atomic E-state index is 13.2. The van der Waals surface area contributed by atoms with E-state index in [4.69, 9.17) is 4.74 Å². The van der Waals surface area contributed by atoms with Crippen molar-refractivity contribution >= 4 is 5.91 Å². The Hall–Kier alpha value is -2.36. The fourth-order valence-electron chi connectivity index (χ4n) is 2.43. The first-order chi connectivity index (χ1) is 11.1. The summed E-state index contributed by atoms with van der Waals surface area (Å²) in [6.45, 7) is 2.98. The predicted octanol–water partition coefficient (Wildman–Crippen LogP) is 3.82. The second kappa shape index (κ2) is 8.32. The van der Waals surface area contributed by atoms with Crippen molar-refractivity contribution in [3.8, 4) is 5.75 Å². The number of ether oxygens (including phenoxy) is 1. The molecule has 122 valence electrons. The van der Waals surface area contributed by atoms with Crippen molar-refractivity contribution in [3.63, 3.8) is 0 Å². The quantitative estimate of drug-likeness (QED) is 0.777. The molecule has 0 atom stereocenters. The topological polar surface area (TPSA) is 29.5 Å². The van der Waals surface area contributed by atoms with Crippen LogP contribution < -0.4 is 4.74 Å². The number of nitrogens with zero attached hydrogens (tertiary/aromatic N) is 1. The van der Waals surface area contributed by atoms with Crippen LogP contribution in [0.25, 0.3) is 0 Å². The highest BCUT2D eigenvalue weighted by molar-refractivity contribution is 5.76. The summed E-state index contributed by atoms with van der Waals surface area (Å²) in [5.41, 5.74) is 1.91. The third kappa shape index (κ3) is 5.09. The number of halogens is 1. The van der Waals surface area contributed by atoms with Crippen LogP contribution in [0.3, 0.4) is 0 Å². The fraction of sp³-hybridized carbons (Fsp3) is 0.316. The molecule has 2 rings (SSSR count). The molecule has 23 heavy (non-hydrogen) atoms. The smallest absolute Gasteiger partial charge is 0.223 e. The van der Waals surface area contributed by atoms with Crippen LogP contribution in [0.4, 0.5) is 4.39 Å². The molecule has 0 bridgehead atoms. The monoisotopic (exact) mass is 315 g/mol. The summed E-state index contributed by atoms with van der Waals surface area (Å²) in [5, 5.41) is 0. The number of rotatable bonds is 7. The molecular weight excluding hydrogens is 293 g/mol. The van der Waals surface area contributed by atoms with E-state index in [0.29, 0.717) is 25.9 Å². The number of methoxy groups -OCH3 is 1. The number of carbonyl (C=O) groups is 1. The van der Waals surface area contributed by atoms with Crippen LogP contribution >= 0.6 is 0 Å². The molecule has 0 fully saturated rings. The minimum Gasteiger partial charge on any atom is -0.497 e. The molecule has 3 nitrogen and oxygen atoms in total. The van der Waals surface area contributed by atoms with Crippen LogP contribution in [-0.2, 0) is 17.8 Å². The summed E-state index contributed by atoms with van der Waals surface area (Å²) >= 11 is 0. The van der Waals surface area contributed by atoms with Gasteiger partial charge in [0, 0.05) is 19.5 Å². The van der Waals surface area contributed by atoms with E-state index in [1.807, 2.05) is 37.3 Å². The molecule has 0 radical (unpaired) electrons. The lowest BCUT2D eigenvalue weighted by Crippen LogP contribution is -2.30. The van der Waals surface area contributed by atoms with Gasteiger partial charge in [-0.25, -0.2) is 4.39 Å². The zero-order valence-corrected chi connectivity index (χ0v) is 13.6. The molecule has 0 aromatic heterocycles. The van der Waals surface area contributed by atoms with E-state index in [9.17, 15) is 9.18 Å². The first-order valence-electron chi connectivity index (χ1n) is 7.77. The molecule has 0 aliphatic rings. The lowest BCUT2D eigenvalue weighted by Gasteiger charge is -2.21. The van der Waals surface area contributed by atoms with Crippen molar-refractivity contribution in [2.75, 3.05) is 13.7 Å². The number of benzene rings is 2. The molecular formula is C19H22FNO2. The van der Waals surface area contributed by atoms with Crippen LogP contribution in [0.15, 0.2) is 48.5 Å². The zero-order chi connectivity index (χ0) is 16.7. The molecule has 2 aromatic rings. The Morgan fingerprint density at radius 3 is 2.48 bits per heavy atom. The van der Waals surface area contributed by atoms with Gasteiger partial charge < -0.3 is 9.64 Å². The van der Waals surface area contributed by atoms with E-state index < -0.39 is 0 Å². The Morgan fingerprint density at radius 2 is 1.87 bits per heavy atom. The van der Waals surface area contributed by atoms with Crippen molar-refractivity contribution in [1.82, 2.24) is 4.90 Å². The Kier molecular flexibility index (Phi) is 6.15. The number of carbonyl (C=O) groups excluding carboxylic acids is 1. The molecule has 0 N–H and O–H groups in total. The van der Waals surface area contributed by atoms with Gasteiger partial charge in [0.1, 0.15) is 11.6 Å². The molecule has 0 saturated carbocycles. The Balaban J connectivity index is 1.91. The average molecular weight is 315 g/mol. The summed E-state index contributed by atoms with van der Waals surface area (Å²) in [5.74, 6) is 0.609. The van der Waals surface area contributed by atoms with Crippen molar-refractivity contribution in [1.29, 1.82) is 0 Å². The molecule has 0 unspecified atom stereocenters. The minimum atomic E-state index is -0.274. The number of aryl methyl sites for hydroxylation is 1. The number of amides is 1. The molecule has 0 heterocycles. The van der Waals surface area contributed by atoms with Gasteiger partial charge in [-0.3, -0.25) is 4.79 Å². The Morgan fingerprint density at radius 1 is 1.13 bits per heavy atom. The number of hydrogen-bond acceptors (Lipinski definition) is 2. The normalized spacial score (nSPS) is 10.4. The summed E-state index contributed by atoms with van der Waals surface area (Å²) < 4.78 is 18.4. The van der Waals surface area contributed by atoms with Crippen LogP contribution in [0.5, 0.6) is 5.75 Å². The van der Waals surface area contributed by atoms with Gasteiger partial charge in [-0.05, 0) is 48.7 Å². The standard InChI is InChI=1S/C19H22FNO2/c1-3-21(14-16-5-4-6-17(20)13-16)19(22)12-9-15-7-10-18(23-2)11-8-15/h4-8,10-11,13H,3,9,12,14H2,1-2H3. The van der Waals surface area contributed by atoms with E-state index in [2.05, 4.69) is 0 Å². The van der Waals surface area contributed by atoms with Crippen LogP contribution in [0, 0.1) is 5.82 Å². The van der Waals surface area contributed by atoms with Gasteiger partial charge in [0.05, 0.1) is 7.11 Å². The number of hydrogen-bond donors (Lipinski definition) is 0. The molecule has 1 amide bonds. The van der Waals surface area contributed by atoms with Crippen molar-refractivity contribution in [3.05, 3.63) is 65.5 Å². The summed E-state index contributed by atoms with van der Waals surface area (Å²) in [7, 11) is 1.63. The average Bonchev–Trinajstić information content (AvgIpc) is 2.58. The van der Waals surface area contributed by atoms with Gasteiger partial charge in [-0.2, -0.15) is 0 Å². The van der Waals surface area contributed by atoms with E-state index in [1.165, 1.54) is 12.1 Å². The molecule has 0 spiro atoms. The van der Waals surface area contributed by atoms with Gasteiger partial charge in [-0.1, -0.05) is 24.3 Å². The second-order valence-electron chi connectivity index (χ2n) is 5.39. The Bertz CT molecular complexity index is 640. The lowest BCUT2D eigenvalue weighted by atomic mass is 10.1. The van der Waals surface area contributed by atoms with Gasteiger partial charge in [-0.15, -0.1) is 0 Å². The van der Waals surface area contributed by atoms with Gasteiger partial charge in [0.25, 0.3) is 0 Å². The fourth-order valence-corrected chi connectivity index (χ4v) is 2.43. The van der Waals surface area contributed by atoms with Crippen molar-refractivity contribution < 1.29 is 13.9 Å². The summed E-state index contributed by atoms with van der Waals surface area (Å²) in [6, 6.07) is 14.1. The van der Waals surface area contributed by atoms with E-state index >= 15 is 0 Å². The second-order valence-corrected chi connectivity index (χ2v) is 5.39. The SMILES string of the molecule is CCN(Cc1cccc(F)c1)C(=O)CCc1ccc(OC)cc1. The molecule has 2 aromatic carbocycles. The molecule has 4 heteroatoms. The van der Waals surface area contributed by atoms with Crippen LogP contribution in [-0.4, -0.2) is 24.5 Å². The minimum absolute atomic E-state index is 0.0765. The van der Waals surface area contributed by atoms with E-state index in [0.717, 1.165) is 16.9 Å². The highest BCUT2D eigenvalue weighted by atomic mass is 19.1. The van der Waals surface area contributed by atoms with Crippen LogP contribution in [0.2, 0.25) is 0 Å². The van der Waals surface area contributed by atoms with Gasteiger partial charge >= 0.3 is 0 Å². The third-order valence-electron chi connectivity index (χ3n) is 3.78.